The van der Waals surface area contributed by atoms with E-state index in [1.54, 1.807) is 0 Å². The van der Waals surface area contributed by atoms with Gasteiger partial charge in [0.25, 0.3) is 5.91 Å². The average molecular weight is 330 g/mol. The predicted molar refractivity (Wildman–Crippen MR) is 89.9 cm³/mol. The summed E-state index contributed by atoms with van der Waals surface area (Å²) in [6.07, 6.45) is 8.54. The first-order valence-corrected chi connectivity index (χ1v) is 8.63. The summed E-state index contributed by atoms with van der Waals surface area (Å²) in [5.41, 5.74) is 0.462. The molecule has 2 aliphatic rings. The molecule has 128 valence electrons. The van der Waals surface area contributed by atoms with Gasteiger partial charge in [-0.1, -0.05) is 12.2 Å². The number of hydrogen-bond donors (Lipinski definition) is 1. The fourth-order valence-corrected chi connectivity index (χ4v) is 3.39. The Labute approximate surface area is 141 Å². The topological polar surface area (TPSA) is 49.4 Å². The summed E-state index contributed by atoms with van der Waals surface area (Å²) in [6, 6.07) is 5.61. The van der Waals surface area contributed by atoms with Crippen molar-refractivity contribution in [2.75, 3.05) is 13.1 Å². The number of hydrogen-bond acceptors (Lipinski definition) is 2. The molecule has 4 nitrogen and oxygen atoms in total. The highest BCUT2D eigenvalue weighted by Crippen LogP contribution is 2.22. The summed E-state index contributed by atoms with van der Waals surface area (Å²) in [4.78, 5) is 26.6. The van der Waals surface area contributed by atoms with E-state index in [1.165, 1.54) is 24.3 Å². The maximum absolute atomic E-state index is 12.9. The van der Waals surface area contributed by atoms with Crippen LogP contribution in [0.2, 0.25) is 0 Å². The van der Waals surface area contributed by atoms with Crippen LogP contribution in [0.1, 0.15) is 42.5 Å². The zero-order valence-electron chi connectivity index (χ0n) is 13.7. The van der Waals surface area contributed by atoms with Crippen LogP contribution in [0.25, 0.3) is 0 Å². The van der Waals surface area contributed by atoms with Gasteiger partial charge in [-0.25, -0.2) is 4.39 Å². The lowest BCUT2D eigenvalue weighted by Gasteiger charge is -2.34. The van der Waals surface area contributed by atoms with Crippen molar-refractivity contribution in [3.63, 3.8) is 0 Å². The number of rotatable bonds is 3. The minimum Gasteiger partial charge on any atom is -0.349 e. The van der Waals surface area contributed by atoms with E-state index in [9.17, 15) is 14.0 Å². The van der Waals surface area contributed by atoms with E-state index in [0.717, 1.165) is 32.1 Å². The van der Waals surface area contributed by atoms with E-state index >= 15 is 0 Å². The van der Waals surface area contributed by atoms with Crippen LogP contribution in [0.5, 0.6) is 0 Å². The van der Waals surface area contributed by atoms with Crippen LogP contribution >= 0.6 is 0 Å². The van der Waals surface area contributed by atoms with Crippen molar-refractivity contribution in [1.82, 2.24) is 10.2 Å². The third-order valence-electron chi connectivity index (χ3n) is 4.87. The third-order valence-corrected chi connectivity index (χ3v) is 4.87. The smallest absolute Gasteiger partial charge is 0.251 e. The molecular formula is C19H23FN2O2. The Morgan fingerprint density at radius 3 is 2.38 bits per heavy atom. The Morgan fingerprint density at radius 1 is 1.04 bits per heavy atom. The normalized spacial score (nSPS) is 21.5. The second kappa shape index (κ2) is 7.60. The fourth-order valence-electron chi connectivity index (χ4n) is 3.39. The van der Waals surface area contributed by atoms with Crippen molar-refractivity contribution >= 4 is 11.8 Å². The van der Waals surface area contributed by atoms with Crippen LogP contribution in [0, 0.1) is 11.7 Å². The number of nitrogens with zero attached hydrogens (tertiary/aromatic N) is 1. The van der Waals surface area contributed by atoms with Crippen LogP contribution < -0.4 is 5.32 Å². The summed E-state index contributed by atoms with van der Waals surface area (Å²) in [5, 5.41) is 2.98. The molecule has 5 heteroatoms. The van der Waals surface area contributed by atoms with Gasteiger partial charge in [-0.3, -0.25) is 9.59 Å². The number of nitrogens with one attached hydrogen (secondary N) is 1. The minimum atomic E-state index is -0.351. The molecule has 0 aromatic heterocycles. The third kappa shape index (κ3) is 4.02. The first-order chi connectivity index (χ1) is 11.6. The maximum Gasteiger partial charge on any atom is 0.251 e. The molecule has 3 rings (SSSR count). The maximum atomic E-state index is 12.9. The number of benzene rings is 1. The predicted octanol–water partition coefficient (Wildman–Crippen LogP) is 2.90. The Bertz CT molecular complexity index is 619. The molecule has 1 aliphatic carbocycles. The molecule has 1 atom stereocenters. The molecule has 1 N–H and O–H groups in total. The molecule has 0 radical (unpaired) electrons. The lowest BCUT2D eigenvalue weighted by atomic mass is 9.92. The average Bonchev–Trinajstić information content (AvgIpc) is 2.63. The van der Waals surface area contributed by atoms with Crippen LogP contribution in [-0.2, 0) is 4.79 Å². The van der Waals surface area contributed by atoms with Gasteiger partial charge < -0.3 is 10.2 Å². The van der Waals surface area contributed by atoms with Crippen LogP contribution in [0.3, 0.4) is 0 Å². The van der Waals surface area contributed by atoms with E-state index in [4.69, 9.17) is 0 Å². The summed E-state index contributed by atoms with van der Waals surface area (Å²) in [6.45, 7) is 1.38. The summed E-state index contributed by atoms with van der Waals surface area (Å²) in [7, 11) is 0. The number of carbonyl (C=O) groups excluding carboxylic acids is 2. The monoisotopic (exact) mass is 330 g/mol. The number of amides is 2. The zero-order chi connectivity index (χ0) is 16.9. The number of halogens is 1. The van der Waals surface area contributed by atoms with Crippen molar-refractivity contribution in [3.05, 3.63) is 47.8 Å². The largest absolute Gasteiger partial charge is 0.349 e. The van der Waals surface area contributed by atoms with E-state index in [-0.39, 0.29) is 29.6 Å². The summed E-state index contributed by atoms with van der Waals surface area (Å²) >= 11 is 0. The molecule has 24 heavy (non-hydrogen) atoms. The highest BCUT2D eigenvalue weighted by Gasteiger charge is 2.28. The van der Waals surface area contributed by atoms with Gasteiger partial charge in [0.1, 0.15) is 5.82 Å². The molecule has 0 spiro atoms. The minimum absolute atomic E-state index is 0.0675. The molecular weight excluding hydrogens is 307 g/mol. The lowest BCUT2D eigenvalue weighted by Crippen LogP contribution is -2.48. The second-order valence-corrected chi connectivity index (χ2v) is 6.56. The van der Waals surface area contributed by atoms with Gasteiger partial charge in [-0.15, -0.1) is 0 Å². The van der Waals surface area contributed by atoms with Gasteiger partial charge >= 0.3 is 0 Å². The Balaban J connectivity index is 1.48. The molecule has 1 fully saturated rings. The van der Waals surface area contributed by atoms with Crippen LogP contribution in [0.4, 0.5) is 4.39 Å². The summed E-state index contributed by atoms with van der Waals surface area (Å²) in [5.74, 6) is -0.156. The van der Waals surface area contributed by atoms with Crippen molar-refractivity contribution in [1.29, 1.82) is 0 Å². The number of allylic oxidation sites excluding steroid dienone is 2. The van der Waals surface area contributed by atoms with Crippen molar-refractivity contribution < 1.29 is 14.0 Å². The fraction of sp³-hybridized carbons (Fsp3) is 0.474. The molecule has 1 aromatic carbocycles. The van der Waals surface area contributed by atoms with Crippen LogP contribution in [0.15, 0.2) is 36.4 Å². The standard InChI is InChI=1S/C19H23FN2O2/c20-16-8-6-14(7-9-16)18(23)21-17-10-12-22(13-11-17)19(24)15-4-2-1-3-5-15/h1-2,6-9,15,17H,3-5,10-13H2,(H,21,23). The molecule has 1 saturated heterocycles. The molecule has 0 bridgehead atoms. The Hall–Kier alpha value is -2.17. The first-order valence-electron chi connectivity index (χ1n) is 8.63. The van der Waals surface area contributed by atoms with Gasteiger partial charge in [-0.05, 0) is 56.4 Å². The quantitative estimate of drug-likeness (QED) is 0.867. The molecule has 1 unspecified atom stereocenters. The molecule has 1 heterocycles. The number of carbonyl (C=O) groups is 2. The molecule has 0 saturated carbocycles. The first kappa shape index (κ1) is 16.7. The van der Waals surface area contributed by atoms with Crippen molar-refractivity contribution in [2.45, 2.75) is 38.1 Å². The Kier molecular flexibility index (Phi) is 5.28. The Morgan fingerprint density at radius 2 is 1.75 bits per heavy atom. The molecule has 1 aliphatic heterocycles. The van der Waals surface area contributed by atoms with E-state index in [0.29, 0.717) is 18.7 Å². The van der Waals surface area contributed by atoms with E-state index < -0.39 is 0 Å². The zero-order valence-corrected chi connectivity index (χ0v) is 13.7. The van der Waals surface area contributed by atoms with Gasteiger partial charge in [0.2, 0.25) is 5.91 Å². The van der Waals surface area contributed by atoms with Crippen molar-refractivity contribution in [3.8, 4) is 0 Å². The van der Waals surface area contributed by atoms with Gasteiger partial charge in [0, 0.05) is 30.6 Å². The number of piperidine rings is 1. The van der Waals surface area contributed by atoms with E-state index in [2.05, 4.69) is 17.5 Å². The van der Waals surface area contributed by atoms with Crippen LogP contribution in [-0.4, -0.2) is 35.8 Å². The highest BCUT2D eigenvalue weighted by molar-refractivity contribution is 5.94. The molecule has 1 aromatic rings. The number of likely N-dealkylation sites (tertiary alicyclic amines) is 1. The van der Waals surface area contributed by atoms with E-state index in [1.807, 2.05) is 4.90 Å². The second-order valence-electron chi connectivity index (χ2n) is 6.56. The lowest BCUT2D eigenvalue weighted by molar-refractivity contribution is -0.136. The van der Waals surface area contributed by atoms with Gasteiger partial charge in [0.05, 0.1) is 0 Å². The van der Waals surface area contributed by atoms with Gasteiger partial charge in [0.15, 0.2) is 0 Å². The summed E-state index contributed by atoms with van der Waals surface area (Å²) < 4.78 is 12.9. The SMILES string of the molecule is O=C(NC1CCN(C(=O)C2CC=CCC2)CC1)c1ccc(F)cc1. The van der Waals surface area contributed by atoms with Gasteiger partial charge in [-0.2, -0.15) is 0 Å². The molecule has 2 amide bonds. The van der Waals surface area contributed by atoms with Crippen molar-refractivity contribution in [2.24, 2.45) is 5.92 Å². The highest BCUT2D eigenvalue weighted by atomic mass is 19.1.